The highest BCUT2D eigenvalue weighted by molar-refractivity contribution is 5.70. The van der Waals surface area contributed by atoms with Gasteiger partial charge in [-0.1, -0.05) is 13.0 Å². The quantitative estimate of drug-likeness (QED) is 0.718. The number of carbonyl (C=O) groups is 1. The normalized spacial score (nSPS) is 13.6. The summed E-state index contributed by atoms with van der Waals surface area (Å²) in [6, 6.07) is 5.13. The molecule has 0 radical (unpaired) electrons. The van der Waals surface area contributed by atoms with Crippen LogP contribution in [0.1, 0.15) is 37.0 Å². The number of benzene rings is 1. The maximum Gasteiger partial charge on any atom is 0.307 e. The Bertz CT molecular complexity index is 462. The van der Waals surface area contributed by atoms with Gasteiger partial charge < -0.3 is 19.9 Å². The van der Waals surface area contributed by atoms with Crippen molar-refractivity contribution in [3.05, 3.63) is 29.3 Å². The van der Waals surface area contributed by atoms with Crippen molar-refractivity contribution in [3.8, 4) is 5.75 Å². The number of aliphatic hydroxyl groups is 1. The molecule has 0 aliphatic heterocycles. The molecule has 0 bridgehead atoms. The van der Waals surface area contributed by atoms with Gasteiger partial charge >= 0.3 is 5.97 Å². The summed E-state index contributed by atoms with van der Waals surface area (Å²) in [6.45, 7) is 4.68. The zero-order valence-electron chi connectivity index (χ0n) is 13.2. The number of aliphatic hydroxyl groups excluding tert-OH is 1. The molecule has 5 heteroatoms. The van der Waals surface area contributed by atoms with E-state index in [2.05, 4.69) is 5.32 Å². The molecule has 2 N–H and O–H groups in total. The summed E-state index contributed by atoms with van der Waals surface area (Å²) in [4.78, 5) is 11.5. The lowest BCUT2D eigenvalue weighted by molar-refractivity contribution is -0.142. The van der Waals surface area contributed by atoms with Crippen LogP contribution in [0.25, 0.3) is 0 Å². The highest BCUT2D eigenvalue weighted by Gasteiger charge is 2.24. The van der Waals surface area contributed by atoms with Crippen LogP contribution >= 0.6 is 0 Å². The van der Waals surface area contributed by atoms with Crippen molar-refractivity contribution >= 4 is 5.97 Å². The predicted molar refractivity (Wildman–Crippen MR) is 81.4 cm³/mol. The minimum atomic E-state index is -0.776. The molecular formula is C16H25NO4. The summed E-state index contributed by atoms with van der Waals surface area (Å²) in [5, 5.41) is 13.8. The van der Waals surface area contributed by atoms with Crippen molar-refractivity contribution in [2.75, 3.05) is 20.8 Å². The van der Waals surface area contributed by atoms with Crippen LogP contribution in [0.3, 0.4) is 0 Å². The average Bonchev–Trinajstić information content (AvgIpc) is 2.50. The molecule has 1 aromatic carbocycles. The number of nitrogens with one attached hydrogen (secondary N) is 1. The van der Waals surface area contributed by atoms with Gasteiger partial charge in [0, 0.05) is 6.04 Å². The first kappa shape index (κ1) is 17.5. The first-order chi connectivity index (χ1) is 10.0. The zero-order valence-corrected chi connectivity index (χ0v) is 13.2. The summed E-state index contributed by atoms with van der Waals surface area (Å²) >= 11 is 0. The summed E-state index contributed by atoms with van der Waals surface area (Å²) in [5.41, 5.74) is 1.71. The number of methoxy groups -OCH3 is 2. The zero-order chi connectivity index (χ0) is 15.8. The molecule has 0 aromatic heterocycles. The molecule has 1 rings (SSSR count). The molecule has 0 saturated carbocycles. The number of carbonyl (C=O) groups excluding carboxylic acids is 1. The van der Waals surface area contributed by atoms with Gasteiger partial charge in [0.05, 0.1) is 26.7 Å². The molecular weight excluding hydrogens is 270 g/mol. The lowest BCUT2D eigenvalue weighted by atomic mass is 9.95. The maximum absolute atomic E-state index is 11.5. The molecule has 2 unspecified atom stereocenters. The van der Waals surface area contributed by atoms with Gasteiger partial charge in [0.15, 0.2) is 0 Å². The second-order valence-electron chi connectivity index (χ2n) is 5.01. The summed E-state index contributed by atoms with van der Waals surface area (Å²) in [6.07, 6.45) is 0.274. The minimum absolute atomic E-state index is 0.128. The van der Waals surface area contributed by atoms with Gasteiger partial charge in [-0.2, -0.15) is 0 Å². The Balaban J connectivity index is 2.92. The van der Waals surface area contributed by atoms with Crippen LogP contribution in [-0.2, 0) is 9.53 Å². The van der Waals surface area contributed by atoms with E-state index in [1.807, 2.05) is 26.0 Å². The Kier molecular flexibility index (Phi) is 7.19. The van der Waals surface area contributed by atoms with Gasteiger partial charge in [-0.25, -0.2) is 0 Å². The first-order valence-electron chi connectivity index (χ1n) is 7.16. The van der Waals surface area contributed by atoms with Gasteiger partial charge in [0.25, 0.3) is 0 Å². The molecule has 0 spiro atoms. The Morgan fingerprint density at radius 1 is 1.38 bits per heavy atom. The van der Waals surface area contributed by atoms with E-state index >= 15 is 0 Å². The van der Waals surface area contributed by atoms with Crippen LogP contribution < -0.4 is 10.1 Å². The van der Waals surface area contributed by atoms with Gasteiger partial charge in [-0.3, -0.25) is 4.79 Å². The first-order valence-corrected chi connectivity index (χ1v) is 7.16. The van der Waals surface area contributed by atoms with Crippen molar-refractivity contribution < 1.29 is 19.4 Å². The van der Waals surface area contributed by atoms with Gasteiger partial charge in [-0.15, -0.1) is 0 Å². The van der Waals surface area contributed by atoms with Crippen molar-refractivity contribution in [1.29, 1.82) is 0 Å². The lowest BCUT2D eigenvalue weighted by Gasteiger charge is -2.25. The van der Waals surface area contributed by atoms with E-state index in [0.29, 0.717) is 0 Å². The summed E-state index contributed by atoms with van der Waals surface area (Å²) in [7, 11) is 2.96. The smallest absolute Gasteiger partial charge is 0.307 e. The molecule has 1 aromatic rings. The number of rotatable bonds is 8. The number of hydrogen-bond donors (Lipinski definition) is 2. The Hall–Kier alpha value is -1.59. The highest BCUT2D eigenvalue weighted by Crippen LogP contribution is 2.26. The van der Waals surface area contributed by atoms with E-state index in [-0.39, 0.29) is 18.4 Å². The standard InChI is InChI=1S/C16H25NO4/c1-5-8-17-14(10-15(18)21-4)16(19)13-7-6-12(20-3)9-11(13)2/h6-7,9,14,16-17,19H,5,8,10H2,1-4H3. The van der Waals surface area contributed by atoms with Crippen LogP contribution in [0.2, 0.25) is 0 Å². The monoisotopic (exact) mass is 295 g/mol. The average molecular weight is 295 g/mol. The molecule has 0 aliphatic carbocycles. The van der Waals surface area contributed by atoms with Gasteiger partial charge in [-0.05, 0) is 43.1 Å². The van der Waals surface area contributed by atoms with Crippen LogP contribution in [0, 0.1) is 6.92 Å². The Labute approximate surface area is 126 Å². The molecule has 118 valence electrons. The molecule has 5 nitrogen and oxygen atoms in total. The second kappa shape index (κ2) is 8.64. The summed E-state index contributed by atoms with van der Waals surface area (Å²) in [5.74, 6) is 0.406. The largest absolute Gasteiger partial charge is 0.497 e. The lowest BCUT2D eigenvalue weighted by Crippen LogP contribution is -2.38. The highest BCUT2D eigenvalue weighted by atomic mass is 16.5. The molecule has 2 atom stereocenters. The summed E-state index contributed by atoms with van der Waals surface area (Å²) < 4.78 is 9.87. The molecule has 0 heterocycles. The minimum Gasteiger partial charge on any atom is -0.497 e. The molecule has 0 fully saturated rings. The third-order valence-electron chi connectivity index (χ3n) is 3.45. The topological polar surface area (TPSA) is 67.8 Å². The van der Waals surface area contributed by atoms with Gasteiger partial charge in [0.1, 0.15) is 5.75 Å². The fourth-order valence-electron chi connectivity index (χ4n) is 2.21. The van der Waals surface area contributed by atoms with Gasteiger partial charge in [0.2, 0.25) is 0 Å². The van der Waals surface area contributed by atoms with E-state index < -0.39 is 6.10 Å². The number of ether oxygens (including phenoxy) is 2. The third kappa shape index (κ3) is 5.02. The van der Waals surface area contributed by atoms with Crippen molar-refractivity contribution in [1.82, 2.24) is 5.32 Å². The van der Waals surface area contributed by atoms with E-state index in [4.69, 9.17) is 9.47 Å². The fraction of sp³-hybridized carbons (Fsp3) is 0.562. The van der Waals surface area contributed by atoms with Crippen LogP contribution in [0.15, 0.2) is 18.2 Å². The van der Waals surface area contributed by atoms with E-state index in [9.17, 15) is 9.90 Å². The van der Waals surface area contributed by atoms with Crippen LogP contribution in [-0.4, -0.2) is 37.9 Å². The van der Waals surface area contributed by atoms with E-state index in [0.717, 1.165) is 29.8 Å². The maximum atomic E-state index is 11.5. The molecule has 0 amide bonds. The second-order valence-corrected chi connectivity index (χ2v) is 5.01. The number of esters is 1. The molecule has 21 heavy (non-hydrogen) atoms. The number of hydrogen-bond acceptors (Lipinski definition) is 5. The van der Waals surface area contributed by atoms with Crippen LogP contribution in [0.5, 0.6) is 5.75 Å². The third-order valence-corrected chi connectivity index (χ3v) is 3.45. The van der Waals surface area contributed by atoms with Crippen molar-refractivity contribution in [3.63, 3.8) is 0 Å². The van der Waals surface area contributed by atoms with Crippen LogP contribution in [0.4, 0.5) is 0 Å². The number of aryl methyl sites for hydroxylation is 1. The molecule has 0 aliphatic rings. The fourth-order valence-corrected chi connectivity index (χ4v) is 2.21. The molecule has 0 saturated heterocycles. The van der Waals surface area contributed by atoms with Crippen molar-refractivity contribution in [2.45, 2.75) is 38.8 Å². The van der Waals surface area contributed by atoms with E-state index in [1.54, 1.807) is 13.2 Å². The SMILES string of the molecule is CCCNC(CC(=O)OC)C(O)c1ccc(OC)cc1C. The Morgan fingerprint density at radius 3 is 2.62 bits per heavy atom. The van der Waals surface area contributed by atoms with E-state index in [1.165, 1.54) is 7.11 Å². The predicted octanol–water partition coefficient (Wildman–Crippen LogP) is 1.97. The Morgan fingerprint density at radius 2 is 2.10 bits per heavy atom. The van der Waals surface area contributed by atoms with Crippen molar-refractivity contribution in [2.24, 2.45) is 0 Å².